The second kappa shape index (κ2) is 4.99. The zero-order chi connectivity index (χ0) is 12.5. The van der Waals surface area contributed by atoms with Crippen molar-refractivity contribution in [2.45, 2.75) is 59.3 Å². The predicted molar refractivity (Wildman–Crippen MR) is 68.6 cm³/mol. The van der Waals surface area contributed by atoms with E-state index in [1.54, 1.807) is 0 Å². The standard InChI is InChI=1S/C13H20O2.C2H6/c1-2-15-12(14)13-6-9-3-10(7-13)5-11(4-9)8-13;1-2/h9-11H,2-8H2,1H3;1-2H3. The SMILES string of the molecule is CC.CCOC(=O)C12CC3CC(CC(C3)C1)C2. The van der Waals surface area contributed by atoms with Gasteiger partial charge in [-0.25, -0.2) is 0 Å². The number of esters is 1. The van der Waals surface area contributed by atoms with E-state index in [9.17, 15) is 4.79 Å². The summed E-state index contributed by atoms with van der Waals surface area (Å²) in [6.45, 7) is 6.46. The first-order valence-corrected chi connectivity index (χ1v) is 7.39. The van der Waals surface area contributed by atoms with Gasteiger partial charge in [0, 0.05) is 0 Å². The molecule has 0 aromatic rings. The van der Waals surface area contributed by atoms with Gasteiger partial charge in [-0.05, 0) is 63.2 Å². The molecular formula is C15H26O2. The van der Waals surface area contributed by atoms with Crippen molar-refractivity contribution < 1.29 is 9.53 Å². The van der Waals surface area contributed by atoms with Crippen LogP contribution in [0.25, 0.3) is 0 Å². The van der Waals surface area contributed by atoms with Crippen molar-refractivity contribution >= 4 is 5.97 Å². The highest BCUT2D eigenvalue weighted by atomic mass is 16.5. The van der Waals surface area contributed by atoms with Crippen LogP contribution in [0.15, 0.2) is 0 Å². The van der Waals surface area contributed by atoms with Gasteiger partial charge >= 0.3 is 5.97 Å². The van der Waals surface area contributed by atoms with E-state index in [4.69, 9.17) is 4.74 Å². The minimum Gasteiger partial charge on any atom is -0.466 e. The molecule has 98 valence electrons. The van der Waals surface area contributed by atoms with Crippen LogP contribution in [0.1, 0.15) is 59.3 Å². The molecule has 0 amide bonds. The Labute approximate surface area is 105 Å². The average molecular weight is 238 g/mol. The third-order valence-electron chi connectivity index (χ3n) is 4.75. The molecule has 4 aliphatic rings. The highest BCUT2D eigenvalue weighted by molar-refractivity contribution is 5.77. The Morgan fingerprint density at radius 1 is 1.06 bits per heavy atom. The molecule has 2 heteroatoms. The van der Waals surface area contributed by atoms with E-state index in [1.165, 1.54) is 19.3 Å². The number of ether oxygens (including phenoxy) is 1. The Balaban J connectivity index is 0.000000514. The molecule has 0 saturated heterocycles. The maximum atomic E-state index is 12.1. The molecular weight excluding hydrogens is 212 g/mol. The molecule has 4 rings (SSSR count). The van der Waals surface area contributed by atoms with Gasteiger partial charge in [0.1, 0.15) is 0 Å². The zero-order valence-corrected chi connectivity index (χ0v) is 11.5. The predicted octanol–water partition coefficient (Wildman–Crippen LogP) is 3.79. The Bertz CT molecular complexity index is 247. The summed E-state index contributed by atoms with van der Waals surface area (Å²) >= 11 is 0. The van der Waals surface area contributed by atoms with Crippen molar-refractivity contribution in [2.75, 3.05) is 6.61 Å². The second-order valence-electron chi connectivity index (χ2n) is 5.92. The molecule has 0 aromatic carbocycles. The van der Waals surface area contributed by atoms with Crippen molar-refractivity contribution in [3.05, 3.63) is 0 Å². The fourth-order valence-electron chi connectivity index (χ4n) is 4.64. The smallest absolute Gasteiger partial charge is 0.312 e. The van der Waals surface area contributed by atoms with E-state index in [2.05, 4.69) is 0 Å². The quantitative estimate of drug-likeness (QED) is 0.684. The monoisotopic (exact) mass is 238 g/mol. The van der Waals surface area contributed by atoms with Crippen LogP contribution in [0.4, 0.5) is 0 Å². The van der Waals surface area contributed by atoms with E-state index in [1.807, 2.05) is 20.8 Å². The summed E-state index contributed by atoms with van der Waals surface area (Å²) in [6, 6.07) is 0. The maximum absolute atomic E-state index is 12.1. The van der Waals surface area contributed by atoms with E-state index in [0.29, 0.717) is 6.61 Å². The number of rotatable bonds is 2. The van der Waals surface area contributed by atoms with Gasteiger partial charge in [-0.2, -0.15) is 0 Å². The topological polar surface area (TPSA) is 26.3 Å². The first-order chi connectivity index (χ1) is 8.22. The summed E-state index contributed by atoms with van der Waals surface area (Å²) < 4.78 is 5.29. The minimum absolute atomic E-state index is 0.0508. The molecule has 0 aliphatic heterocycles. The lowest BCUT2D eigenvalue weighted by Crippen LogP contribution is -2.50. The van der Waals surface area contributed by atoms with Crippen LogP contribution in [-0.4, -0.2) is 12.6 Å². The van der Waals surface area contributed by atoms with Crippen molar-refractivity contribution in [3.63, 3.8) is 0 Å². The fourth-order valence-corrected chi connectivity index (χ4v) is 4.64. The summed E-state index contributed by atoms with van der Waals surface area (Å²) in [4.78, 5) is 12.1. The lowest BCUT2D eigenvalue weighted by atomic mass is 9.49. The Morgan fingerprint density at radius 3 is 1.82 bits per heavy atom. The molecule has 4 aliphatic carbocycles. The van der Waals surface area contributed by atoms with Crippen LogP contribution in [0.3, 0.4) is 0 Å². The number of carbonyl (C=O) groups excluding carboxylic acids is 1. The largest absolute Gasteiger partial charge is 0.466 e. The summed E-state index contributed by atoms with van der Waals surface area (Å²) in [7, 11) is 0. The molecule has 0 aromatic heterocycles. The fraction of sp³-hybridized carbons (Fsp3) is 0.933. The highest BCUT2D eigenvalue weighted by Crippen LogP contribution is 2.60. The van der Waals surface area contributed by atoms with Crippen LogP contribution < -0.4 is 0 Å². The molecule has 0 spiro atoms. The van der Waals surface area contributed by atoms with Crippen LogP contribution in [-0.2, 0) is 9.53 Å². The second-order valence-corrected chi connectivity index (χ2v) is 5.92. The molecule has 4 saturated carbocycles. The van der Waals surface area contributed by atoms with Gasteiger partial charge < -0.3 is 4.74 Å². The van der Waals surface area contributed by atoms with Gasteiger partial charge in [0.25, 0.3) is 0 Å². The van der Waals surface area contributed by atoms with Gasteiger partial charge in [0.15, 0.2) is 0 Å². The van der Waals surface area contributed by atoms with Crippen molar-refractivity contribution in [1.29, 1.82) is 0 Å². The summed E-state index contributed by atoms with van der Waals surface area (Å²) in [5.41, 5.74) is -0.0508. The van der Waals surface area contributed by atoms with E-state index in [-0.39, 0.29) is 11.4 Å². The van der Waals surface area contributed by atoms with E-state index < -0.39 is 0 Å². The average Bonchev–Trinajstić information content (AvgIpc) is 2.30. The van der Waals surface area contributed by atoms with Crippen molar-refractivity contribution in [3.8, 4) is 0 Å². The number of carbonyl (C=O) groups is 1. The first kappa shape index (κ1) is 12.9. The molecule has 4 bridgehead atoms. The third kappa shape index (κ3) is 2.23. The summed E-state index contributed by atoms with van der Waals surface area (Å²) in [6.07, 6.45) is 7.53. The van der Waals surface area contributed by atoms with Crippen LogP contribution in [0.5, 0.6) is 0 Å². The van der Waals surface area contributed by atoms with Gasteiger partial charge in [-0.3, -0.25) is 4.79 Å². The summed E-state index contributed by atoms with van der Waals surface area (Å²) in [5.74, 6) is 2.62. The van der Waals surface area contributed by atoms with Gasteiger partial charge in [0.2, 0.25) is 0 Å². The lowest BCUT2D eigenvalue weighted by molar-refractivity contribution is -0.171. The minimum atomic E-state index is -0.0508. The zero-order valence-electron chi connectivity index (χ0n) is 11.5. The molecule has 4 fully saturated rings. The molecule has 0 heterocycles. The normalized spacial score (nSPS) is 41.7. The Morgan fingerprint density at radius 2 is 1.47 bits per heavy atom. The third-order valence-corrected chi connectivity index (χ3v) is 4.75. The van der Waals surface area contributed by atoms with Crippen molar-refractivity contribution in [1.82, 2.24) is 0 Å². The van der Waals surface area contributed by atoms with Gasteiger partial charge in [-0.15, -0.1) is 0 Å². The molecule has 2 nitrogen and oxygen atoms in total. The molecule has 0 radical (unpaired) electrons. The maximum Gasteiger partial charge on any atom is 0.312 e. The number of hydrogen-bond acceptors (Lipinski definition) is 2. The molecule has 0 N–H and O–H groups in total. The molecule has 17 heavy (non-hydrogen) atoms. The lowest BCUT2D eigenvalue weighted by Gasteiger charge is -2.55. The Kier molecular flexibility index (Phi) is 3.79. The van der Waals surface area contributed by atoms with Gasteiger partial charge in [-0.1, -0.05) is 13.8 Å². The van der Waals surface area contributed by atoms with E-state index in [0.717, 1.165) is 37.0 Å². The summed E-state index contributed by atoms with van der Waals surface area (Å²) in [5, 5.41) is 0. The molecule has 0 unspecified atom stereocenters. The Hall–Kier alpha value is -0.530. The number of hydrogen-bond donors (Lipinski definition) is 0. The highest BCUT2D eigenvalue weighted by Gasteiger charge is 2.55. The first-order valence-electron chi connectivity index (χ1n) is 7.39. The molecule has 0 atom stereocenters. The van der Waals surface area contributed by atoms with Crippen molar-refractivity contribution in [2.24, 2.45) is 23.2 Å². The van der Waals surface area contributed by atoms with Crippen LogP contribution in [0, 0.1) is 23.2 Å². The van der Waals surface area contributed by atoms with Gasteiger partial charge in [0.05, 0.1) is 12.0 Å². The van der Waals surface area contributed by atoms with Crippen LogP contribution >= 0.6 is 0 Å². The van der Waals surface area contributed by atoms with Crippen LogP contribution in [0.2, 0.25) is 0 Å². The van der Waals surface area contributed by atoms with E-state index >= 15 is 0 Å².